The second-order valence-corrected chi connectivity index (χ2v) is 4.03. The molecule has 0 aliphatic carbocycles. The first-order valence-corrected chi connectivity index (χ1v) is 5.04. The molecule has 1 heterocycles. The number of hydrogen-bond donors (Lipinski definition) is 2. The average Bonchev–Trinajstić information content (AvgIpc) is 2.42. The van der Waals surface area contributed by atoms with E-state index in [0.29, 0.717) is 5.75 Å². The first-order valence-electron chi connectivity index (χ1n) is 4.23. The monoisotopic (exact) mass is 193 g/mol. The van der Waals surface area contributed by atoms with Crippen LogP contribution in [0.15, 0.2) is 18.2 Å². The van der Waals surface area contributed by atoms with Gasteiger partial charge in [0, 0.05) is 10.1 Å². The predicted molar refractivity (Wildman–Crippen MR) is 57.3 cm³/mol. The first kappa shape index (κ1) is 8.38. The molecule has 0 amide bonds. The van der Waals surface area contributed by atoms with E-state index in [4.69, 9.17) is 5.73 Å². The Morgan fingerprint density at radius 3 is 2.92 bits per heavy atom. The van der Waals surface area contributed by atoms with E-state index in [-0.39, 0.29) is 0 Å². The normalized spacial score (nSPS) is 10.8. The van der Waals surface area contributed by atoms with E-state index in [0.717, 1.165) is 27.1 Å². The Kier molecular flexibility index (Phi) is 1.88. The van der Waals surface area contributed by atoms with Gasteiger partial charge in [-0.15, -0.1) is 11.3 Å². The van der Waals surface area contributed by atoms with Crippen molar-refractivity contribution in [3.8, 4) is 5.75 Å². The third kappa shape index (κ3) is 1.16. The third-order valence-electron chi connectivity index (χ3n) is 2.18. The molecule has 3 N–H and O–H groups in total. The number of benzene rings is 1. The topological polar surface area (TPSA) is 46.2 Å². The molecule has 0 aliphatic heterocycles. The van der Waals surface area contributed by atoms with Crippen molar-refractivity contribution >= 4 is 26.4 Å². The molecule has 68 valence electrons. The Labute approximate surface area is 80.6 Å². The number of thiophene rings is 1. The lowest BCUT2D eigenvalue weighted by molar-refractivity contribution is 0.481. The molecule has 3 heteroatoms. The highest BCUT2D eigenvalue weighted by Gasteiger charge is 2.10. The Hall–Kier alpha value is -1.22. The molecular weight excluding hydrogens is 182 g/mol. The molecule has 1 aromatic heterocycles. The summed E-state index contributed by atoms with van der Waals surface area (Å²) in [6, 6.07) is 5.52. The Balaban J connectivity index is 2.88. The fourth-order valence-corrected chi connectivity index (χ4v) is 2.65. The van der Waals surface area contributed by atoms with Crippen molar-refractivity contribution in [3.05, 3.63) is 23.8 Å². The molecular formula is C10H11NOS. The van der Waals surface area contributed by atoms with Crippen LogP contribution in [0.3, 0.4) is 0 Å². The molecule has 0 atom stereocenters. The maximum absolute atomic E-state index is 9.65. The molecule has 0 bridgehead atoms. The summed E-state index contributed by atoms with van der Waals surface area (Å²) in [5.41, 5.74) is 6.91. The van der Waals surface area contributed by atoms with Crippen LogP contribution in [0.2, 0.25) is 0 Å². The van der Waals surface area contributed by atoms with Gasteiger partial charge in [0.15, 0.2) is 0 Å². The number of nitrogen functional groups attached to an aromatic ring is 1. The lowest BCUT2D eigenvalue weighted by atomic mass is 10.1. The van der Waals surface area contributed by atoms with Gasteiger partial charge >= 0.3 is 0 Å². The fraction of sp³-hybridized carbons (Fsp3) is 0.200. The SMILES string of the molecule is CCc1c(N)sc2cccc(O)c12. The number of rotatable bonds is 1. The lowest BCUT2D eigenvalue weighted by Gasteiger charge is -1.97. The number of fused-ring (bicyclic) bond motifs is 1. The maximum atomic E-state index is 9.65. The van der Waals surface area contributed by atoms with Gasteiger partial charge in [0.2, 0.25) is 0 Å². The van der Waals surface area contributed by atoms with Crippen molar-refractivity contribution in [2.24, 2.45) is 0 Å². The van der Waals surface area contributed by atoms with Crippen LogP contribution in [0.5, 0.6) is 5.75 Å². The number of hydrogen-bond acceptors (Lipinski definition) is 3. The van der Waals surface area contributed by atoms with E-state index in [1.54, 1.807) is 6.07 Å². The summed E-state index contributed by atoms with van der Waals surface area (Å²) < 4.78 is 1.06. The van der Waals surface area contributed by atoms with E-state index in [9.17, 15) is 5.11 Å². The van der Waals surface area contributed by atoms with E-state index < -0.39 is 0 Å². The van der Waals surface area contributed by atoms with Crippen molar-refractivity contribution in [2.75, 3.05) is 5.73 Å². The zero-order chi connectivity index (χ0) is 9.42. The van der Waals surface area contributed by atoms with Crippen molar-refractivity contribution in [3.63, 3.8) is 0 Å². The van der Waals surface area contributed by atoms with Gasteiger partial charge in [0.05, 0.1) is 5.00 Å². The van der Waals surface area contributed by atoms with Gasteiger partial charge in [-0.2, -0.15) is 0 Å². The zero-order valence-electron chi connectivity index (χ0n) is 7.37. The summed E-state index contributed by atoms with van der Waals surface area (Å²) in [4.78, 5) is 0. The summed E-state index contributed by atoms with van der Waals surface area (Å²) >= 11 is 1.54. The lowest BCUT2D eigenvalue weighted by Crippen LogP contribution is -1.85. The smallest absolute Gasteiger partial charge is 0.124 e. The number of phenols is 1. The van der Waals surface area contributed by atoms with Crippen LogP contribution < -0.4 is 5.73 Å². The Morgan fingerprint density at radius 1 is 1.46 bits per heavy atom. The second kappa shape index (κ2) is 2.92. The molecule has 0 saturated carbocycles. The van der Waals surface area contributed by atoms with Crippen LogP contribution in [0.1, 0.15) is 12.5 Å². The van der Waals surface area contributed by atoms with Crippen molar-refractivity contribution in [1.29, 1.82) is 0 Å². The van der Waals surface area contributed by atoms with Crippen LogP contribution in [0.25, 0.3) is 10.1 Å². The zero-order valence-corrected chi connectivity index (χ0v) is 8.19. The molecule has 0 radical (unpaired) electrons. The van der Waals surface area contributed by atoms with Gasteiger partial charge in [-0.1, -0.05) is 13.0 Å². The number of aryl methyl sites for hydroxylation is 1. The van der Waals surface area contributed by atoms with Gasteiger partial charge in [0.25, 0.3) is 0 Å². The molecule has 0 unspecified atom stereocenters. The van der Waals surface area contributed by atoms with Crippen LogP contribution in [0.4, 0.5) is 5.00 Å². The predicted octanol–water partition coefficient (Wildman–Crippen LogP) is 2.75. The summed E-state index contributed by atoms with van der Waals surface area (Å²) in [7, 11) is 0. The van der Waals surface area contributed by atoms with Crippen molar-refractivity contribution < 1.29 is 5.11 Å². The Bertz CT molecular complexity index is 447. The molecule has 0 spiro atoms. The highest BCUT2D eigenvalue weighted by Crippen LogP contribution is 2.38. The molecule has 0 saturated heterocycles. The Morgan fingerprint density at radius 2 is 2.23 bits per heavy atom. The standard InChI is InChI=1S/C10H11NOS/c1-2-6-9-7(12)4-3-5-8(9)13-10(6)11/h3-5,12H,2,11H2,1H3. The van der Waals surface area contributed by atoms with Gasteiger partial charge < -0.3 is 10.8 Å². The van der Waals surface area contributed by atoms with Gasteiger partial charge in [0.1, 0.15) is 5.75 Å². The third-order valence-corrected chi connectivity index (χ3v) is 3.20. The fourth-order valence-electron chi connectivity index (χ4n) is 1.56. The molecule has 2 rings (SSSR count). The van der Waals surface area contributed by atoms with Crippen molar-refractivity contribution in [2.45, 2.75) is 13.3 Å². The minimum Gasteiger partial charge on any atom is -0.507 e. The first-order chi connectivity index (χ1) is 6.24. The number of aromatic hydroxyl groups is 1. The van der Waals surface area contributed by atoms with Gasteiger partial charge in [-0.3, -0.25) is 0 Å². The summed E-state index contributed by atoms with van der Waals surface area (Å²) in [5, 5.41) is 11.4. The summed E-state index contributed by atoms with van der Waals surface area (Å²) in [5.74, 6) is 0.335. The van der Waals surface area contributed by atoms with Crippen LogP contribution in [0, 0.1) is 0 Å². The molecule has 13 heavy (non-hydrogen) atoms. The van der Waals surface area contributed by atoms with Crippen LogP contribution >= 0.6 is 11.3 Å². The highest BCUT2D eigenvalue weighted by atomic mass is 32.1. The summed E-state index contributed by atoms with van der Waals surface area (Å²) in [6.07, 6.45) is 0.864. The number of anilines is 1. The van der Waals surface area contributed by atoms with E-state index in [2.05, 4.69) is 0 Å². The molecule has 0 aliphatic rings. The molecule has 0 fully saturated rings. The second-order valence-electron chi connectivity index (χ2n) is 2.95. The van der Waals surface area contributed by atoms with Gasteiger partial charge in [-0.05, 0) is 24.1 Å². The minimum absolute atomic E-state index is 0.335. The van der Waals surface area contributed by atoms with Crippen LogP contribution in [-0.2, 0) is 6.42 Å². The van der Waals surface area contributed by atoms with E-state index >= 15 is 0 Å². The molecule has 2 nitrogen and oxygen atoms in total. The minimum atomic E-state index is 0.335. The largest absolute Gasteiger partial charge is 0.507 e. The maximum Gasteiger partial charge on any atom is 0.124 e. The van der Waals surface area contributed by atoms with E-state index in [1.165, 1.54) is 11.3 Å². The van der Waals surface area contributed by atoms with Crippen LogP contribution in [-0.4, -0.2) is 5.11 Å². The highest BCUT2D eigenvalue weighted by molar-refractivity contribution is 7.23. The molecule has 1 aromatic carbocycles. The molecule has 2 aromatic rings. The number of nitrogens with two attached hydrogens (primary N) is 1. The summed E-state index contributed by atoms with van der Waals surface area (Å²) in [6.45, 7) is 2.05. The average molecular weight is 193 g/mol. The number of phenolic OH excluding ortho intramolecular Hbond substituents is 1. The van der Waals surface area contributed by atoms with E-state index in [1.807, 2.05) is 19.1 Å². The van der Waals surface area contributed by atoms with Gasteiger partial charge in [-0.25, -0.2) is 0 Å². The van der Waals surface area contributed by atoms with Crippen molar-refractivity contribution in [1.82, 2.24) is 0 Å². The quantitative estimate of drug-likeness (QED) is 0.731.